The van der Waals surface area contributed by atoms with Crippen LogP contribution in [0.4, 0.5) is 5.95 Å². The fourth-order valence-electron chi connectivity index (χ4n) is 0.836. The lowest BCUT2D eigenvalue weighted by molar-refractivity contribution is -0.116. The maximum Gasteiger partial charge on any atom is 0.242 e. The van der Waals surface area contributed by atoms with Gasteiger partial charge in [-0.25, -0.2) is 4.68 Å². The predicted molar refractivity (Wildman–Crippen MR) is 46.6 cm³/mol. The second-order valence-electron chi connectivity index (χ2n) is 2.50. The summed E-state index contributed by atoms with van der Waals surface area (Å²) in [4.78, 5) is 14.4. The molecule has 7 nitrogen and oxygen atoms in total. The summed E-state index contributed by atoms with van der Waals surface area (Å²) in [5.74, 6) is 0.551. The molecule has 0 atom stereocenters. The van der Waals surface area contributed by atoms with Gasteiger partial charge in [-0.05, 0) is 0 Å². The summed E-state index contributed by atoms with van der Waals surface area (Å²) in [5.41, 5.74) is 10.3. The summed E-state index contributed by atoms with van der Waals surface area (Å²) >= 11 is 0. The molecule has 0 aliphatic carbocycles. The highest BCUT2D eigenvalue weighted by molar-refractivity contribution is 5.78. The van der Waals surface area contributed by atoms with Crippen LogP contribution < -0.4 is 16.8 Å². The van der Waals surface area contributed by atoms with Gasteiger partial charge in [-0.1, -0.05) is 0 Å². The largest absolute Gasteiger partial charge is 0.368 e. The highest BCUT2D eigenvalue weighted by Crippen LogP contribution is 1.99. The van der Waals surface area contributed by atoms with Crippen molar-refractivity contribution < 1.29 is 4.79 Å². The van der Waals surface area contributed by atoms with Gasteiger partial charge in [-0.2, -0.15) is 4.98 Å². The van der Waals surface area contributed by atoms with Crippen LogP contribution >= 0.6 is 0 Å². The third kappa shape index (κ3) is 2.41. The third-order valence-corrected chi connectivity index (χ3v) is 1.46. The first kappa shape index (κ1) is 9.46. The number of anilines is 1. The first-order chi connectivity index (χ1) is 6.13. The topological polar surface area (TPSA) is 112 Å². The molecule has 0 saturated heterocycles. The Kier molecular flexibility index (Phi) is 2.80. The number of carbonyl (C=O) groups excluding carboxylic acids is 1. The van der Waals surface area contributed by atoms with Gasteiger partial charge in [0.2, 0.25) is 11.9 Å². The zero-order valence-electron chi connectivity index (χ0n) is 7.32. The number of hydrogen-bond donors (Lipinski definition) is 3. The van der Waals surface area contributed by atoms with Crippen molar-refractivity contribution >= 4 is 11.9 Å². The molecule has 1 amide bonds. The average Bonchev–Trinajstić information content (AvgIpc) is 2.43. The number of rotatable bonds is 4. The summed E-state index contributed by atoms with van der Waals surface area (Å²) in [7, 11) is 1.73. The monoisotopic (exact) mass is 184 g/mol. The number of carbonyl (C=O) groups is 1. The quantitative estimate of drug-likeness (QED) is 0.509. The van der Waals surface area contributed by atoms with Gasteiger partial charge in [-0.15, -0.1) is 5.10 Å². The molecule has 13 heavy (non-hydrogen) atoms. The normalized spacial score (nSPS) is 10.0. The van der Waals surface area contributed by atoms with E-state index in [0.717, 1.165) is 0 Å². The number of amides is 1. The Morgan fingerprint density at radius 1 is 1.69 bits per heavy atom. The zero-order valence-corrected chi connectivity index (χ0v) is 7.32. The Balaban J connectivity index is 2.62. The lowest BCUT2D eigenvalue weighted by Gasteiger charge is -1.94. The Morgan fingerprint density at radius 3 is 2.85 bits per heavy atom. The van der Waals surface area contributed by atoms with Gasteiger partial charge in [0, 0.05) is 7.05 Å². The molecule has 0 aliphatic rings. The van der Waals surface area contributed by atoms with Crippen molar-refractivity contribution in [2.45, 2.75) is 6.54 Å². The molecule has 0 aromatic carbocycles. The van der Waals surface area contributed by atoms with Crippen LogP contribution in [-0.4, -0.2) is 27.2 Å². The SMILES string of the molecule is Cn1nc(NCC(N)=O)nc1CN. The van der Waals surface area contributed by atoms with Crippen LogP contribution in [0.25, 0.3) is 0 Å². The average molecular weight is 184 g/mol. The van der Waals surface area contributed by atoms with Crippen LogP contribution in [-0.2, 0) is 18.4 Å². The predicted octanol–water partition coefficient (Wildman–Crippen LogP) is -1.83. The van der Waals surface area contributed by atoms with Crippen LogP contribution in [0.2, 0.25) is 0 Å². The molecule has 0 bridgehead atoms. The first-order valence-electron chi connectivity index (χ1n) is 3.75. The maximum atomic E-state index is 10.4. The number of nitrogens with two attached hydrogens (primary N) is 2. The number of hydrogen-bond acceptors (Lipinski definition) is 5. The van der Waals surface area contributed by atoms with Gasteiger partial charge in [0.25, 0.3) is 0 Å². The molecular formula is C6H12N6O. The summed E-state index contributed by atoms with van der Waals surface area (Å²) in [6.07, 6.45) is 0. The summed E-state index contributed by atoms with van der Waals surface area (Å²) < 4.78 is 1.54. The molecule has 72 valence electrons. The van der Waals surface area contributed by atoms with E-state index in [0.29, 0.717) is 18.3 Å². The number of nitrogens with zero attached hydrogens (tertiary/aromatic N) is 3. The van der Waals surface area contributed by atoms with Crippen LogP contribution in [0.3, 0.4) is 0 Å². The molecule has 1 aromatic rings. The van der Waals surface area contributed by atoms with Crippen LogP contribution in [0, 0.1) is 0 Å². The Labute approximate surface area is 75.1 Å². The number of nitrogens with one attached hydrogen (secondary N) is 1. The molecule has 0 aliphatic heterocycles. The zero-order chi connectivity index (χ0) is 9.84. The number of primary amides is 1. The lowest BCUT2D eigenvalue weighted by Crippen LogP contribution is -2.22. The van der Waals surface area contributed by atoms with E-state index in [-0.39, 0.29) is 6.54 Å². The first-order valence-corrected chi connectivity index (χ1v) is 3.75. The summed E-state index contributed by atoms with van der Waals surface area (Å²) in [5, 5.41) is 6.63. The van der Waals surface area contributed by atoms with Gasteiger partial charge in [0.15, 0.2) is 0 Å². The molecule has 1 aromatic heterocycles. The molecule has 0 radical (unpaired) electrons. The Hall–Kier alpha value is -1.63. The van der Waals surface area contributed by atoms with Crippen molar-refractivity contribution in [3.63, 3.8) is 0 Å². The Bertz CT molecular complexity index is 306. The van der Waals surface area contributed by atoms with Gasteiger partial charge in [0.05, 0.1) is 13.1 Å². The van der Waals surface area contributed by atoms with Gasteiger partial charge in [0.1, 0.15) is 5.82 Å². The standard InChI is InChI=1S/C6H12N6O/c1-12-5(2-7)10-6(11-12)9-3-4(8)13/h2-3,7H2,1H3,(H2,8,13)(H,9,11). The number of aromatic nitrogens is 3. The van der Waals surface area contributed by atoms with Crippen LogP contribution in [0.1, 0.15) is 5.82 Å². The van der Waals surface area contributed by atoms with Crippen molar-refractivity contribution in [2.24, 2.45) is 18.5 Å². The molecule has 5 N–H and O–H groups in total. The van der Waals surface area contributed by atoms with Crippen molar-refractivity contribution in [3.8, 4) is 0 Å². The van der Waals surface area contributed by atoms with Crippen LogP contribution in [0.5, 0.6) is 0 Å². The minimum absolute atomic E-state index is 0.0218. The van der Waals surface area contributed by atoms with Gasteiger partial charge < -0.3 is 16.8 Å². The fourth-order valence-corrected chi connectivity index (χ4v) is 0.836. The fraction of sp³-hybridized carbons (Fsp3) is 0.500. The van der Waals surface area contributed by atoms with E-state index in [1.807, 2.05) is 0 Å². The molecule has 0 spiro atoms. The molecule has 7 heteroatoms. The van der Waals surface area contributed by atoms with E-state index >= 15 is 0 Å². The smallest absolute Gasteiger partial charge is 0.242 e. The highest BCUT2D eigenvalue weighted by atomic mass is 16.1. The second kappa shape index (κ2) is 3.85. The van der Waals surface area contributed by atoms with E-state index < -0.39 is 5.91 Å². The van der Waals surface area contributed by atoms with E-state index in [9.17, 15) is 4.79 Å². The molecule has 0 saturated carbocycles. The van der Waals surface area contributed by atoms with Crippen molar-refractivity contribution in [1.82, 2.24) is 14.8 Å². The van der Waals surface area contributed by atoms with E-state index in [1.165, 1.54) is 0 Å². The van der Waals surface area contributed by atoms with Crippen molar-refractivity contribution in [2.75, 3.05) is 11.9 Å². The van der Waals surface area contributed by atoms with Crippen molar-refractivity contribution in [1.29, 1.82) is 0 Å². The molecular weight excluding hydrogens is 172 g/mol. The van der Waals surface area contributed by atoms with Gasteiger partial charge >= 0.3 is 0 Å². The highest BCUT2D eigenvalue weighted by Gasteiger charge is 2.04. The molecule has 0 unspecified atom stereocenters. The van der Waals surface area contributed by atoms with E-state index in [1.54, 1.807) is 11.7 Å². The third-order valence-electron chi connectivity index (χ3n) is 1.46. The summed E-state index contributed by atoms with van der Waals surface area (Å²) in [6, 6.07) is 0. The second-order valence-corrected chi connectivity index (χ2v) is 2.50. The Morgan fingerprint density at radius 2 is 2.38 bits per heavy atom. The molecule has 1 heterocycles. The summed E-state index contributed by atoms with van der Waals surface area (Å²) in [6.45, 7) is 0.329. The maximum absolute atomic E-state index is 10.4. The number of aryl methyl sites for hydroxylation is 1. The lowest BCUT2D eigenvalue weighted by atomic mass is 10.6. The minimum Gasteiger partial charge on any atom is -0.368 e. The van der Waals surface area contributed by atoms with Crippen molar-refractivity contribution in [3.05, 3.63) is 5.82 Å². The van der Waals surface area contributed by atoms with E-state index in [2.05, 4.69) is 15.4 Å². The molecule has 1 rings (SSSR count). The minimum atomic E-state index is -0.457. The van der Waals surface area contributed by atoms with Crippen LogP contribution in [0.15, 0.2) is 0 Å². The van der Waals surface area contributed by atoms with E-state index in [4.69, 9.17) is 11.5 Å². The molecule has 0 fully saturated rings. The van der Waals surface area contributed by atoms with Gasteiger partial charge in [-0.3, -0.25) is 4.79 Å².